The molecule has 0 radical (unpaired) electrons. The molecule has 18 heavy (non-hydrogen) atoms. The number of benzene rings is 2. The van der Waals surface area contributed by atoms with Gasteiger partial charge in [-0.2, -0.15) is 0 Å². The summed E-state index contributed by atoms with van der Waals surface area (Å²) in [4.78, 5) is 0. The molecule has 0 saturated heterocycles. The fraction of sp³-hybridized carbons (Fsp3) is 0.0588. The maximum Gasteiger partial charge on any atom is 0.135 e. The number of fused-ring (bicyclic) bond motifs is 1. The zero-order valence-corrected chi connectivity index (χ0v) is 10.3. The highest BCUT2D eigenvalue weighted by Gasteiger charge is 2.08. The van der Waals surface area contributed by atoms with E-state index in [9.17, 15) is 0 Å². The lowest BCUT2D eigenvalue weighted by Gasteiger charge is -2.02. The van der Waals surface area contributed by atoms with E-state index in [4.69, 9.17) is 4.42 Å². The summed E-state index contributed by atoms with van der Waals surface area (Å²) in [6.07, 6.45) is 0. The highest BCUT2D eigenvalue weighted by atomic mass is 16.3. The molecule has 2 aromatic carbocycles. The van der Waals surface area contributed by atoms with Crippen LogP contribution in [0.4, 0.5) is 0 Å². The van der Waals surface area contributed by atoms with E-state index in [2.05, 4.69) is 37.8 Å². The van der Waals surface area contributed by atoms with Gasteiger partial charge >= 0.3 is 0 Å². The molecule has 0 fully saturated rings. The Hall–Kier alpha value is -2.28. The molecule has 0 aliphatic rings. The zero-order valence-electron chi connectivity index (χ0n) is 10.3. The van der Waals surface area contributed by atoms with Gasteiger partial charge in [-0.05, 0) is 24.6 Å². The minimum absolute atomic E-state index is 0.833. The molecule has 1 heterocycles. The van der Waals surface area contributed by atoms with Crippen molar-refractivity contribution in [3.05, 3.63) is 78.1 Å². The minimum Gasteiger partial charge on any atom is -0.456 e. The molecular weight excluding hydrogens is 220 g/mol. The Kier molecular flexibility index (Phi) is 2.52. The average molecular weight is 234 g/mol. The molecule has 0 amide bonds. The lowest BCUT2D eigenvalue weighted by Crippen LogP contribution is -1.83. The molecule has 0 aliphatic carbocycles. The van der Waals surface area contributed by atoms with Crippen molar-refractivity contribution >= 4 is 16.5 Å². The first-order valence-electron chi connectivity index (χ1n) is 5.99. The van der Waals surface area contributed by atoms with Crippen LogP contribution < -0.4 is 0 Å². The van der Waals surface area contributed by atoms with Gasteiger partial charge < -0.3 is 4.42 Å². The van der Waals surface area contributed by atoms with Gasteiger partial charge in [0.25, 0.3) is 0 Å². The normalized spacial score (nSPS) is 10.7. The fourth-order valence-electron chi connectivity index (χ4n) is 2.03. The number of aryl methyl sites for hydroxylation is 1. The van der Waals surface area contributed by atoms with Crippen molar-refractivity contribution in [1.29, 1.82) is 0 Å². The first kappa shape index (κ1) is 10.8. The Morgan fingerprint density at radius 1 is 1.00 bits per heavy atom. The molecule has 1 aromatic heterocycles. The lowest BCUT2D eigenvalue weighted by molar-refractivity contribution is 0.601. The van der Waals surface area contributed by atoms with Crippen molar-refractivity contribution in [2.24, 2.45) is 0 Å². The summed E-state index contributed by atoms with van der Waals surface area (Å²) in [5.74, 6) is 0.833. The summed E-state index contributed by atoms with van der Waals surface area (Å²) in [6, 6.07) is 18.4. The third-order valence-electron chi connectivity index (χ3n) is 3.12. The van der Waals surface area contributed by atoms with E-state index in [1.807, 2.05) is 30.3 Å². The summed E-state index contributed by atoms with van der Waals surface area (Å²) in [6.45, 7) is 6.20. The fourth-order valence-corrected chi connectivity index (χ4v) is 2.03. The van der Waals surface area contributed by atoms with Crippen LogP contribution in [0.5, 0.6) is 0 Å². The highest BCUT2D eigenvalue weighted by Crippen LogP contribution is 2.27. The van der Waals surface area contributed by atoms with E-state index < -0.39 is 0 Å². The van der Waals surface area contributed by atoms with Crippen LogP contribution in [-0.4, -0.2) is 0 Å². The molecule has 0 unspecified atom stereocenters. The van der Waals surface area contributed by atoms with Crippen molar-refractivity contribution in [2.45, 2.75) is 6.92 Å². The predicted octanol–water partition coefficient (Wildman–Crippen LogP) is 4.80. The molecular formula is C17H14O. The Bertz CT molecular complexity index is 669. The Morgan fingerprint density at radius 3 is 2.44 bits per heavy atom. The van der Waals surface area contributed by atoms with Crippen LogP contribution in [0.1, 0.15) is 16.9 Å². The van der Waals surface area contributed by atoms with Gasteiger partial charge in [0, 0.05) is 11.0 Å². The number of furan rings is 1. The zero-order chi connectivity index (χ0) is 12.5. The molecule has 1 nitrogen and oxygen atoms in total. The van der Waals surface area contributed by atoms with Gasteiger partial charge in [-0.15, -0.1) is 0 Å². The Morgan fingerprint density at radius 2 is 1.72 bits per heavy atom. The maximum absolute atomic E-state index is 5.81. The van der Waals surface area contributed by atoms with Gasteiger partial charge in [0.1, 0.15) is 11.3 Å². The molecule has 3 rings (SSSR count). The van der Waals surface area contributed by atoms with Crippen LogP contribution in [0.2, 0.25) is 0 Å². The summed E-state index contributed by atoms with van der Waals surface area (Å²) in [7, 11) is 0. The van der Waals surface area contributed by atoms with E-state index in [0.29, 0.717) is 0 Å². The largest absolute Gasteiger partial charge is 0.456 e. The summed E-state index contributed by atoms with van der Waals surface area (Å²) in [5, 5.41) is 1.11. The monoisotopic (exact) mass is 234 g/mol. The molecule has 0 saturated carbocycles. The quantitative estimate of drug-likeness (QED) is 0.620. The van der Waals surface area contributed by atoms with Gasteiger partial charge in [-0.1, -0.05) is 54.6 Å². The van der Waals surface area contributed by atoms with E-state index in [0.717, 1.165) is 27.9 Å². The molecule has 1 heteroatoms. The molecule has 3 aromatic rings. The van der Waals surface area contributed by atoms with E-state index in [1.54, 1.807) is 0 Å². The van der Waals surface area contributed by atoms with Crippen LogP contribution >= 0.6 is 0 Å². The van der Waals surface area contributed by atoms with Gasteiger partial charge in [0.2, 0.25) is 0 Å². The van der Waals surface area contributed by atoms with Crippen molar-refractivity contribution in [2.75, 3.05) is 0 Å². The first-order chi connectivity index (χ1) is 8.74. The lowest BCUT2D eigenvalue weighted by atomic mass is 10.0. The van der Waals surface area contributed by atoms with Crippen LogP contribution in [0.25, 0.3) is 16.5 Å². The molecule has 0 N–H and O–H groups in total. The highest BCUT2D eigenvalue weighted by molar-refractivity contribution is 5.85. The Labute approximate surface area is 106 Å². The number of rotatable bonds is 2. The van der Waals surface area contributed by atoms with E-state index in [-0.39, 0.29) is 0 Å². The van der Waals surface area contributed by atoms with Crippen molar-refractivity contribution in [3.63, 3.8) is 0 Å². The number of hydrogen-bond donors (Lipinski definition) is 0. The second-order valence-electron chi connectivity index (χ2n) is 4.49. The average Bonchev–Trinajstić information content (AvgIpc) is 2.82. The number of para-hydroxylation sites is 1. The molecule has 0 aliphatic heterocycles. The van der Waals surface area contributed by atoms with Crippen molar-refractivity contribution in [1.82, 2.24) is 0 Å². The maximum atomic E-state index is 5.81. The summed E-state index contributed by atoms with van der Waals surface area (Å²) < 4.78 is 5.81. The topological polar surface area (TPSA) is 13.1 Å². The van der Waals surface area contributed by atoms with Gasteiger partial charge in [0.05, 0.1) is 0 Å². The summed E-state index contributed by atoms with van der Waals surface area (Å²) in [5.41, 5.74) is 4.17. The third-order valence-corrected chi connectivity index (χ3v) is 3.12. The molecule has 0 bridgehead atoms. The van der Waals surface area contributed by atoms with Crippen molar-refractivity contribution in [3.8, 4) is 0 Å². The molecule has 0 spiro atoms. The van der Waals surface area contributed by atoms with Gasteiger partial charge in [-0.25, -0.2) is 0 Å². The minimum atomic E-state index is 0.833. The SMILES string of the molecule is C=C(c1ccc(C)cc1)c1cc2ccccc2o1. The third kappa shape index (κ3) is 1.84. The van der Waals surface area contributed by atoms with Crippen LogP contribution in [-0.2, 0) is 0 Å². The predicted molar refractivity (Wildman–Crippen MR) is 75.5 cm³/mol. The number of hydrogen-bond acceptors (Lipinski definition) is 1. The first-order valence-corrected chi connectivity index (χ1v) is 5.99. The van der Waals surface area contributed by atoms with E-state index in [1.165, 1.54) is 5.56 Å². The summed E-state index contributed by atoms with van der Waals surface area (Å²) >= 11 is 0. The van der Waals surface area contributed by atoms with Gasteiger partial charge in [0.15, 0.2) is 0 Å². The second kappa shape index (κ2) is 4.19. The standard InChI is InChI=1S/C17H14O/c1-12-7-9-14(10-8-12)13(2)17-11-15-5-3-4-6-16(15)18-17/h3-11H,2H2,1H3. The van der Waals surface area contributed by atoms with Gasteiger partial charge in [-0.3, -0.25) is 0 Å². The molecule has 88 valence electrons. The molecule has 0 atom stereocenters. The van der Waals surface area contributed by atoms with Crippen molar-refractivity contribution < 1.29 is 4.42 Å². The van der Waals surface area contributed by atoms with E-state index >= 15 is 0 Å². The smallest absolute Gasteiger partial charge is 0.135 e. The van der Waals surface area contributed by atoms with Crippen LogP contribution in [0.3, 0.4) is 0 Å². The van der Waals surface area contributed by atoms with Crippen LogP contribution in [0, 0.1) is 6.92 Å². The van der Waals surface area contributed by atoms with Crippen LogP contribution in [0.15, 0.2) is 65.6 Å². The Balaban J connectivity index is 2.03. The second-order valence-corrected chi connectivity index (χ2v) is 4.49.